The van der Waals surface area contributed by atoms with E-state index >= 15 is 0 Å². The van der Waals surface area contributed by atoms with E-state index in [0.717, 1.165) is 12.8 Å². The molecule has 0 fully saturated rings. The summed E-state index contributed by atoms with van der Waals surface area (Å²) in [6, 6.07) is 6.79. The first-order valence-corrected chi connectivity index (χ1v) is 9.42. The molecular weight excluding hydrogens is 376 g/mol. The number of hydrogen-bond donors (Lipinski definition) is 0. The lowest BCUT2D eigenvalue weighted by molar-refractivity contribution is -0.153. The van der Waals surface area contributed by atoms with Crippen LogP contribution in [0.1, 0.15) is 19.8 Å². The van der Waals surface area contributed by atoms with Crippen molar-refractivity contribution in [3.05, 3.63) is 28.7 Å². The molecule has 0 aliphatic carbocycles. The Balaban J connectivity index is 2.95. The molecule has 1 aromatic carbocycles. The topological polar surface area (TPSA) is 18.5 Å². The highest BCUT2D eigenvalue weighted by molar-refractivity contribution is 9.10. The van der Waals surface area contributed by atoms with Gasteiger partial charge < -0.3 is 9.05 Å². The van der Waals surface area contributed by atoms with Crippen LogP contribution in [0.4, 0.5) is 13.2 Å². The molecule has 0 bridgehead atoms. The van der Waals surface area contributed by atoms with Gasteiger partial charge in [0.05, 0.1) is 11.9 Å². The lowest BCUT2D eigenvalue weighted by atomic mass is 10.4. The van der Waals surface area contributed by atoms with Gasteiger partial charge in [0, 0.05) is 4.47 Å². The number of benzene rings is 1. The van der Waals surface area contributed by atoms with Crippen molar-refractivity contribution in [2.45, 2.75) is 25.9 Å². The number of alkyl halides is 3. The molecule has 0 heterocycles. The van der Waals surface area contributed by atoms with Gasteiger partial charge in [-0.2, -0.15) is 13.2 Å². The van der Waals surface area contributed by atoms with Crippen molar-refractivity contribution >= 4 is 39.5 Å². The van der Waals surface area contributed by atoms with Crippen LogP contribution in [0, 0.1) is 0 Å². The fourth-order valence-corrected chi connectivity index (χ4v) is 5.18. The quantitative estimate of drug-likeness (QED) is 0.493. The molecule has 0 amide bonds. The number of rotatable bonds is 7. The summed E-state index contributed by atoms with van der Waals surface area (Å²) in [7, 11) is 0. The monoisotopic (exact) mass is 390 g/mol. The van der Waals surface area contributed by atoms with Crippen LogP contribution in [-0.4, -0.2) is 19.4 Å². The van der Waals surface area contributed by atoms with Crippen LogP contribution in [0.2, 0.25) is 0 Å². The Bertz CT molecular complexity index is 482. The summed E-state index contributed by atoms with van der Waals surface area (Å²) in [6.45, 7) is -2.33. The Labute approximate surface area is 130 Å². The molecule has 1 atom stereocenters. The molecule has 0 radical (unpaired) electrons. The van der Waals surface area contributed by atoms with Gasteiger partial charge in [0.2, 0.25) is 6.49 Å². The van der Waals surface area contributed by atoms with E-state index in [9.17, 15) is 13.2 Å². The van der Waals surface area contributed by atoms with Crippen LogP contribution in [0.25, 0.3) is 0 Å². The van der Waals surface area contributed by atoms with Crippen LogP contribution in [-0.2, 0) is 20.9 Å². The zero-order chi connectivity index (χ0) is 15.2. The summed E-state index contributed by atoms with van der Waals surface area (Å²) in [5.41, 5.74) is 0. The average Bonchev–Trinajstić information content (AvgIpc) is 2.36. The smallest absolute Gasteiger partial charge is 0.326 e. The summed E-state index contributed by atoms with van der Waals surface area (Å²) < 4.78 is 48.2. The van der Waals surface area contributed by atoms with E-state index in [-0.39, 0.29) is 6.61 Å². The molecular formula is C12H15BrF3O2PS. The second-order valence-electron chi connectivity index (χ2n) is 4.02. The van der Waals surface area contributed by atoms with E-state index in [2.05, 4.69) is 15.9 Å². The van der Waals surface area contributed by atoms with Crippen molar-refractivity contribution in [3.63, 3.8) is 0 Å². The van der Waals surface area contributed by atoms with Gasteiger partial charge in [-0.25, -0.2) is 0 Å². The summed E-state index contributed by atoms with van der Waals surface area (Å²) in [4.78, 5) is 0. The SMILES string of the molecule is CCCCOP(=S)(OCC(F)(F)F)c1ccccc1Br. The summed E-state index contributed by atoms with van der Waals surface area (Å²) in [5.74, 6) is 0. The maximum atomic E-state index is 12.4. The van der Waals surface area contributed by atoms with Crippen molar-refractivity contribution in [2.75, 3.05) is 13.2 Å². The first-order valence-electron chi connectivity index (χ1n) is 5.99. The van der Waals surface area contributed by atoms with E-state index in [1.165, 1.54) is 0 Å². The molecule has 0 aliphatic rings. The largest absolute Gasteiger partial charge is 0.412 e. The van der Waals surface area contributed by atoms with Gasteiger partial charge in [-0.05, 0) is 46.3 Å². The Morgan fingerprint density at radius 3 is 2.45 bits per heavy atom. The predicted octanol–water partition coefficient (Wildman–Crippen LogP) is 4.78. The Morgan fingerprint density at radius 2 is 1.90 bits per heavy atom. The second kappa shape index (κ2) is 7.90. The molecule has 20 heavy (non-hydrogen) atoms. The third-order valence-corrected chi connectivity index (χ3v) is 6.50. The fraction of sp³-hybridized carbons (Fsp3) is 0.500. The molecule has 0 saturated carbocycles. The Kier molecular flexibility index (Phi) is 7.15. The molecule has 0 aromatic heterocycles. The van der Waals surface area contributed by atoms with Crippen LogP contribution in [0.15, 0.2) is 28.7 Å². The van der Waals surface area contributed by atoms with Gasteiger partial charge >= 0.3 is 6.18 Å². The molecule has 1 aromatic rings. The maximum absolute atomic E-state index is 12.4. The van der Waals surface area contributed by atoms with Gasteiger partial charge in [-0.3, -0.25) is 0 Å². The van der Waals surface area contributed by atoms with Crippen molar-refractivity contribution in [1.29, 1.82) is 0 Å². The van der Waals surface area contributed by atoms with E-state index in [0.29, 0.717) is 9.78 Å². The highest BCUT2D eigenvalue weighted by Crippen LogP contribution is 2.50. The van der Waals surface area contributed by atoms with Crippen LogP contribution in [0.3, 0.4) is 0 Å². The summed E-state index contributed by atoms with van der Waals surface area (Å²) >= 11 is 8.56. The van der Waals surface area contributed by atoms with E-state index in [4.69, 9.17) is 20.9 Å². The number of unbranched alkanes of at least 4 members (excludes halogenated alkanes) is 1. The first-order chi connectivity index (χ1) is 9.28. The molecule has 1 rings (SSSR count). The first kappa shape index (κ1) is 18.1. The number of hydrogen-bond acceptors (Lipinski definition) is 3. The molecule has 0 saturated heterocycles. The molecule has 0 spiro atoms. The van der Waals surface area contributed by atoms with Gasteiger partial charge in [0.1, 0.15) is 0 Å². The van der Waals surface area contributed by atoms with E-state index in [1.807, 2.05) is 6.92 Å². The second-order valence-corrected chi connectivity index (χ2v) is 8.31. The molecule has 1 unspecified atom stereocenters. The van der Waals surface area contributed by atoms with Gasteiger partial charge in [-0.1, -0.05) is 25.5 Å². The fourth-order valence-electron chi connectivity index (χ4n) is 1.34. The van der Waals surface area contributed by atoms with Crippen molar-refractivity contribution in [2.24, 2.45) is 0 Å². The highest BCUT2D eigenvalue weighted by atomic mass is 79.9. The molecule has 2 nitrogen and oxygen atoms in total. The molecule has 114 valence electrons. The van der Waals surface area contributed by atoms with Crippen LogP contribution >= 0.6 is 22.4 Å². The van der Waals surface area contributed by atoms with Crippen LogP contribution < -0.4 is 5.30 Å². The van der Waals surface area contributed by atoms with Crippen LogP contribution in [0.5, 0.6) is 0 Å². The summed E-state index contributed by atoms with van der Waals surface area (Å²) in [6.07, 6.45) is -2.85. The van der Waals surface area contributed by atoms with Gasteiger partial charge in [0.15, 0.2) is 6.61 Å². The lowest BCUT2D eigenvalue weighted by Crippen LogP contribution is -2.20. The average molecular weight is 391 g/mol. The van der Waals surface area contributed by atoms with Crippen molar-refractivity contribution in [3.8, 4) is 0 Å². The maximum Gasteiger partial charge on any atom is 0.412 e. The van der Waals surface area contributed by atoms with Crippen molar-refractivity contribution < 1.29 is 22.2 Å². The number of halogens is 4. The Hall–Kier alpha value is 0.0600. The van der Waals surface area contributed by atoms with Crippen molar-refractivity contribution in [1.82, 2.24) is 0 Å². The molecule has 0 aliphatic heterocycles. The van der Waals surface area contributed by atoms with E-state index < -0.39 is 19.3 Å². The third kappa shape index (κ3) is 5.82. The Morgan fingerprint density at radius 1 is 1.25 bits per heavy atom. The summed E-state index contributed by atoms with van der Waals surface area (Å²) in [5, 5.41) is 0.468. The minimum atomic E-state index is -4.43. The predicted molar refractivity (Wildman–Crippen MR) is 80.9 cm³/mol. The molecule has 0 N–H and O–H groups in total. The van der Waals surface area contributed by atoms with E-state index in [1.54, 1.807) is 24.3 Å². The zero-order valence-electron chi connectivity index (χ0n) is 10.8. The van der Waals surface area contributed by atoms with Gasteiger partial charge in [-0.15, -0.1) is 0 Å². The minimum Gasteiger partial charge on any atom is -0.326 e. The third-order valence-electron chi connectivity index (χ3n) is 2.30. The standard InChI is InChI=1S/C12H15BrF3O2PS/c1-2-3-8-17-19(20,18-9-12(14,15)16)11-7-5-4-6-10(11)13/h4-7H,2-3,8-9H2,1H3. The highest BCUT2D eigenvalue weighted by Gasteiger charge is 2.33. The zero-order valence-corrected chi connectivity index (χ0v) is 14.1. The van der Waals surface area contributed by atoms with Gasteiger partial charge in [0.25, 0.3) is 0 Å². The normalized spacial score (nSPS) is 15.1. The molecule has 8 heteroatoms. The lowest BCUT2D eigenvalue weighted by Gasteiger charge is -2.24. The minimum absolute atomic E-state index is 0.285.